The SMILES string of the molecule is c1ccc([C@@H]2c3ccccc3-c3ccccc3[C@H]2c2ccccc2)cc1. The van der Waals surface area contributed by atoms with Crippen molar-refractivity contribution in [2.45, 2.75) is 11.8 Å². The van der Waals surface area contributed by atoms with Crippen LogP contribution >= 0.6 is 0 Å². The Bertz CT molecular complexity index is 945. The monoisotopic (exact) mass is 332 g/mol. The third kappa shape index (κ3) is 2.38. The van der Waals surface area contributed by atoms with Crippen LogP contribution in [0.4, 0.5) is 0 Å². The number of benzene rings is 4. The van der Waals surface area contributed by atoms with Gasteiger partial charge in [-0.3, -0.25) is 0 Å². The topological polar surface area (TPSA) is 0 Å². The lowest BCUT2D eigenvalue weighted by molar-refractivity contribution is 0.685. The molecule has 0 heterocycles. The summed E-state index contributed by atoms with van der Waals surface area (Å²) in [5, 5.41) is 0. The van der Waals surface area contributed by atoms with Crippen LogP contribution in [0, 0.1) is 0 Å². The predicted octanol–water partition coefficient (Wildman–Crippen LogP) is 6.63. The van der Waals surface area contributed by atoms with Crippen LogP contribution in [-0.2, 0) is 0 Å². The van der Waals surface area contributed by atoms with Crippen LogP contribution in [-0.4, -0.2) is 0 Å². The van der Waals surface area contributed by atoms with Gasteiger partial charge in [0.1, 0.15) is 0 Å². The molecule has 0 amide bonds. The first-order chi connectivity index (χ1) is 12.9. The molecular weight excluding hydrogens is 312 g/mol. The van der Waals surface area contributed by atoms with Crippen molar-refractivity contribution in [3.05, 3.63) is 131 Å². The Kier molecular flexibility index (Phi) is 3.68. The molecule has 1 aliphatic carbocycles. The highest BCUT2D eigenvalue weighted by Crippen LogP contribution is 2.52. The van der Waals surface area contributed by atoms with Gasteiger partial charge in [0, 0.05) is 11.8 Å². The van der Waals surface area contributed by atoms with Crippen molar-refractivity contribution in [3.8, 4) is 11.1 Å². The molecule has 5 rings (SSSR count). The molecule has 0 spiro atoms. The fourth-order valence-corrected chi connectivity index (χ4v) is 4.45. The second-order valence-corrected chi connectivity index (χ2v) is 6.95. The maximum atomic E-state index is 2.30. The van der Waals surface area contributed by atoms with E-state index in [9.17, 15) is 0 Å². The fraction of sp³-hybridized carbons (Fsp3) is 0.0769. The fourth-order valence-electron chi connectivity index (χ4n) is 4.45. The van der Waals surface area contributed by atoms with Gasteiger partial charge in [-0.25, -0.2) is 0 Å². The molecule has 0 saturated heterocycles. The molecule has 26 heavy (non-hydrogen) atoms. The van der Waals surface area contributed by atoms with E-state index in [0.717, 1.165) is 0 Å². The smallest absolute Gasteiger partial charge is 0.0205 e. The summed E-state index contributed by atoms with van der Waals surface area (Å²) in [6.07, 6.45) is 0. The van der Waals surface area contributed by atoms with E-state index in [1.165, 1.54) is 33.4 Å². The first-order valence-corrected chi connectivity index (χ1v) is 9.21. The summed E-state index contributed by atoms with van der Waals surface area (Å²) in [5.41, 5.74) is 8.33. The summed E-state index contributed by atoms with van der Waals surface area (Å²) in [7, 11) is 0. The zero-order chi connectivity index (χ0) is 17.3. The van der Waals surface area contributed by atoms with Gasteiger partial charge in [0.2, 0.25) is 0 Å². The van der Waals surface area contributed by atoms with Crippen molar-refractivity contribution < 1.29 is 0 Å². The van der Waals surface area contributed by atoms with E-state index in [4.69, 9.17) is 0 Å². The molecule has 0 N–H and O–H groups in total. The second kappa shape index (κ2) is 6.31. The molecule has 0 aromatic heterocycles. The molecule has 0 fully saturated rings. The van der Waals surface area contributed by atoms with Gasteiger partial charge in [0.05, 0.1) is 0 Å². The molecule has 0 radical (unpaired) electrons. The first-order valence-electron chi connectivity index (χ1n) is 9.21. The Morgan fingerprint density at radius 3 is 1.12 bits per heavy atom. The van der Waals surface area contributed by atoms with Crippen molar-refractivity contribution in [2.24, 2.45) is 0 Å². The highest BCUT2D eigenvalue weighted by Gasteiger charge is 2.35. The minimum atomic E-state index is 0.324. The average molecular weight is 332 g/mol. The van der Waals surface area contributed by atoms with Gasteiger partial charge >= 0.3 is 0 Å². The molecular formula is C26H20. The quantitative estimate of drug-likeness (QED) is 0.386. The lowest BCUT2D eigenvalue weighted by Gasteiger charge is -2.36. The molecule has 0 aliphatic heterocycles. The van der Waals surface area contributed by atoms with E-state index < -0.39 is 0 Å². The average Bonchev–Trinajstić information content (AvgIpc) is 2.74. The Balaban J connectivity index is 1.83. The molecule has 0 saturated carbocycles. The first kappa shape index (κ1) is 15.2. The van der Waals surface area contributed by atoms with Gasteiger partial charge in [-0.05, 0) is 33.4 Å². The Hall–Kier alpha value is -3.12. The van der Waals surface area contributed by atoms with Crippen molar-refractivity contribution in [1.29, 1.82) is 0 Å². The molecule has 0 nitrogen and oxygen atoms in total. The van der Waals surface area contributed by atoms with Gasteiger partial charge in [-0.2, -0.15) is 0 Å². The highest BCUT2D eigenvalue weighted by molar-refractivity contribution is 5.77. The minimum absolute atomic E-state index is 0.324. The van der Waals surface area contributed by atoms with Crippen LogP contribution < -0.4 is 0 Å². The standard InChI is InChI=1S/C26H20/c1-3-11-19(12-4-1)25-23-17-9-7-15-21(23)22-16-8-10-18-24(22)26(25)20-13-5-2-6-14-20/h1-18,25-26H/t25-,26-/m1/s1. The summed E-state index contributed by atoms with van der Waals surface area (Å²) in [6.45, 7) is 0. The van der Waals surface area contributed by atoms with Crippen LogP contribution in [0.2, 0.25) is 0 Å². The molecule has 0 heteroatoms. The lowest BCUT2D eigenvalue weighted by Crippen LogP contribution is -2.20. The minimum Gasteiger partial charge on any atom is -0.0622 e. The van der Waals surface area contributed by atoms with Gasteiger partial charge in [0.15, 0.2) is 0 Å². The number of rotatable bonds is 2. The molecule has 0 bridgehead atoms. The summed E-state index contributed by atoms with van der Waals surface area (Å²) < 4.78 is 0. The van der Waals surface area contributed by atoms with Crippen LogP contribution in [0.25, 0.3) is 11.1 Å². The maximum absolute atomic E-state index is 2.30. The molecule has 124 valence electrons. The van der Waals surface area contributed by atoms with Crippen LogP contribution in [0.3, 0.4) is 0 Å². The Morgan fingerprint density at radius 2 is 0.692 bits per heavy atom. The van der Waals surface area contributed by atoms with Crippen molar-refractivity contribution >= 4 is 0 Å². The third-order valence-electron chi connectivity index (χ3n) is 5.53. The van der Waals surface area contributed by atoms with E-state index >= 15 is 0 Å². The maximum Gasteiger partial charge on any atom is 0.0205 e. The lowest BCUT2D eigenvalue weighted by atomic mass is 9.66. The zero-order valence-electron chi connectivity index (χ0n) is 14.5. The van der Waals surface area contributed by atoms with E-state index in [1.54, 1.807) is 0 Å². The normalized spacial score (nSPS) is 18.0. The number of hydrogen-bond acceptors (Lipinski definition) is 0. The summed E-state index contributed by atoms with van der Waals surface area (Å²) in [5.74, 6) is 0.648. The van der Waals surface area contributed by atoms with Crippen LogP contribution in [0.1, 0.15) is 34.1 Å². The van der Waals surface area contributed by atoms with E-state index in [2.05, 4.69) is 109 Å². The molecule has 2 atom stereocenters. The van der Waals surface area contributed by atoms with Gasteiger partial charge in [0.25, 0.3) is 0 Å². The number of hydrogen-bond donors (Lipinski definition) is 0. The molecule has 4 aromatic rings. The highest BCUT2D eigenvalue weighted by atomic mass is 14.4. The van der Waals surface area contributed by atoms with E-state index in [0.29, 0.717) is 11.8 Å². The van der Waals surface area contributed by atoms with Gasteiger partial charge in [-0.15, -0.1) is 0 Å². The van der Waals surface area contributed by atoms with Gasteiger partial charge in [-0.1, -0.05) is 109 Å². The molecule has 1 aliphatic rings. The van der Waals surface area contributed by atoms with Crippen molar-refractivity contribution in [1.82, 2.24) is 0 Å². The van der Waals surface area contributed by atoms with E-state index in [1.807, 2.05) is 0 Å². The molecule has 4 aromatic carbocycles. The zero-order valence-corrected chi connectivity index (χ0v) is 14.5. The predicted molar refractivity (Wildman–Crippen MR) is 108 cm³/mol. The second-order valence-electron chi connectivity index (χ2n) is 6.95. The van der Waals surface area contributed by atoms with E-state index in [-0.39, 0.29) is 0 Å². The summed E-state index contributed by atoms with van der Waals surface area (Å²) in [6, 6.07) is 39.7. The third-order valence-corrected chi connectivity index (χ3v) is 5.53. The largest absolute Gasteiger partial charge is 0.0622 e. The van der Waals surface area contributed by atoms with Crippen molar-refractivity contribution in [3.63, 3.8) is 0 Å². The Labute approximate surface area is 154 Å². The van der Waals surface area contributed by atoms with Crippen LogP contribution in [0.15, 0.2) is 109 Å². The van der Waals surface area contributed by atoms with Crippen molar-refractivity contribution in [2.75, 3.05) is 0 Å². The van der Waals surface area contributed by atoms with Gasteiger partial charge < -0.3 is 0 Å². The molecule has 0 unspecified atom stereocenters. The van der Waals surface area contributed by atoms with Crippen LogP contribution in [0.5, 0.6) is 0 Å². The summed E-state index contributed by atoms with van der Waals surface area (Å²) >= 11 is 0. The Morgan fingerprint density at radius 1 is 0.346 bits per heavy atom. The number of fused-ring (bicyclic) bond motifs is 3. The summed E-state index contributed by atoms with van der Waals surface area (Å²) in [4.78, 5) is 0.